The van der Waals surface area contributed by atoms with E-state index in [2.05, 4.69) is 81.7 Å². The van der Waals surface area contributed by atoms with E-state index in [9.17, 15) is 4.79 Å². The standard InChI is InChI=1S/C25H24BrN5OS2/c1-25(2,3)18-11-9-17(10-12-18)23-29-30-24(31(23)19-7-5-4-6-8-19)33-16-22(32)28-27-15-20-13-14-21(26)34-20/h4-15H,16H2,1-3H3,(H,28,32). The van der Waals surface area contributed by atoms with Crippen LogP contribution in [0.15, 0.2) is 80.8 Å². The van der Waals surface area contributed by atoms with E-state index in [-0.39, 0.29) is 17.1 Å². The smallest absolute Gasteiger partial charge is 0.250 e. The summed E-state index contributed by atoms with van der Waals surface area (Å²) in [5.41, 5.74) is 5.80. The van der Waals surface area contributed by atoms with Crippen LogP contribution in [-0.2, 0) is 10.2 Å². The van der Waals surface area contributed by atoms with Crippen molar-refractivity contribution < 1.29 is 4.79 Å². The van der Waals surface area contributed by atoms with E-state index in [1.165, 1.54) is 17.3 Å². The first-order chi connectivity index (χ1) is 16.3. The van der Waals surface area contributed by atoms with Crippen LogP contribution < -0.4 is 5.43 Å². The van der Waals surface area contributed by atoms with E-state index in [0.717, 1.165) is 25.7 Å². The molecule has 2 aromatic heterocycles. The Labute approximate surface area is 215 Å². The Morgan fingerprint density at radius 3 is 2.47 bits per heavy atom. The zero-order chi connectivity index (χ0) is 24.1. The molecule has 174 valence electrons. The van der Waals surface area contributed by atoms with Gasteiger partial charge in [0.15, 0.2) is 11.0 Å². The highest BCUT2D eigenvalue weighted by Gasteiger charge is 2.19. The lowest BCUT2D eigenvalue weighted by atomic mass is 9.87. The second kappa shape index (κ2) is 10.7. The van der Waals surface area contributed by atoms with Gasteiger partial charge >= 0.3 is 0 Å². The molecule has 0 saturated heterocycles. The SMILES string of the molecule is CC(C)(C)c1ccc(-c2nnc(SCC(=O)NN=Cc3ccc(Br)s3)n2-c2ccccc2)cc1. The summed E-state index contributed by atoms with van der Waals surface area (Å²) in [5.74, 6) is 0.686. The number of rotatable bonds is 7. The first-order valence-corrected chi connectivity index (χ1v) is 13.2. The Balaban J connectivity index is 1.53. The molecule has 0 spiro atoms. The van der Waals surface area contributed by atoms with Gasteiger partial charge in [0.05, 0.1) is 15.8 Å². The Morgan fingerprint density at radius 1 is 1.09 bits per heavy atom. The van der Waals surface area contributed by atoms with Crippen LogP contribution in [0.5, 0.6) is 0 Å². The number of benzene rings is 2. The van der Waals surface area contributed by atoms with Crippen LogP contribution >= 0.6 is 39.0 Å². The molecular formula is C25H24BrN5OS2. The van der Waals surface area contributed by atoms with Gasteiger partial charge < -0.3 is 0 Å². The van der Waals surface area contributed by atoms with Crippen molar-refractivity contribution in [2.24, 2.45) is 5.10 Å². The summed E-state index contributed by atoms with van der Waals surface area (Å²) < 4.78 is 3.00. The lowest BCUT2D eigenvalue weighted by molar-refractivity contribution is -0.118. The topological polar surface area (TPSA) is 72.2 Å². The minimum absolute atomic E-state index is 0.0719. The van der Waals surface area contributed by atoms with Gasteiger partial charge in [-0.25, -0.2) is 5.43 Å². The third kappa shape index (κ3) is 6.02. The number of halogens is 1. The summed E-state index contributed by atoms with van der Waals surface area (Å²) >= 11 is 6.27. The lowest BCUT2D eigenvalue weighted by Crippen LogP contribution is -2.19. The van der Waals surface area contributed by atoms with Crippen molar-refractivity contribution in [2.45, 2.75) is 31.3 Å². The van der Waals surface area contributed by atoms with Crippen molar-refractivity contribution in [2.75, 3.05) is 5.75 Å². The molecule has 34 heavy (non-hydrogen) atoms. The lowest BCUT2D eigenvalue weighted by Gasteiger charge is -2.19. The molecule has 0 aliphatic heterocycles. The monoisotopic (exact) mass is 553 g/mol. The average molecular weight is 555 g/mol. The molecule has 0 fully saturated rings. The molecule has 0 saturated carbocycles. The Morgan fingerprint density at radius 2 is 1.82 bits per heavy atom. The fourth-order valence-corrected chi connectivity index (χ4v) is 5.25. The summed E-state index contributed by atoms with van der Waals surface area (Å²) in [5, 5.41) is 13.5. The van der Waals surface area contributed by atoms with Gasteiger partial charge in [-0.1, -0.05) is 75.0 Å². The van der Waals surface area contributed by atoms with E-state index in [1.54, 1.807) is 17.6 Å². The highest BCUT2D eigenvalue weighted by atomic mass is 79.9. The zero-order valence-electron chi connectivity index (χ0n) is 19.0. The van der Waals surface area contributed by atoms with Gasteiger partial charge in [0, 0.05) is 16.1 Å². The third-order valence-corrected chi connectivity index (χ3v) is 7.45. The van der Waals surface area contributed by atoms with Gasteiger partial charge in [0.1, 0.15) is 0 Å². The molecule has 0 aliphatic carbocycles. The fraction of sp³-hybridized carbons (Fsp3) is 0.200. The van der Waals surface area contributed by atoms with Crippen molar-refractivity contribution >= 4 is 51.2 Å². The van der Waals surface area contributed by atoms with Crippen LogP contribution in [0.3, 0.4) is 0 Å². The van der Waals surface area contributed by atoms with Crippen molar-refractivity contribution in [3.63, 3.8) is 0 Å². The number of carbonyl (C=O) groups excluding carboxylic acids is 1. The van der Waals surface area contributed by atoms with Gasteiger partial charge in [0.25, 0.3) is 5.91 Å². The first kappa shape index (κ1) is 24.4. The molecule has 4 aromatic rings. The number of thiophene rings is 1. The molecule has 1 amide bonds. The largest absolute Gasteiger partial charge is 0.272 e. The molecule has 0 aliphatic rings. The predicted molar refractivity (Wildman–Crippen MR) is 144 cm³/mol. The van der Waals surface area contributed by atoms with Crippen molar-refractivity contribution in [3.05, 3.63) is 81.0 Å². The maximum absolute atomic E-state index is 12.4. The van der Waals surface area contributed by atoms with Crippen LogP contribution in [-0.4, -0.2) is 32.6 Å². The summed E-state index contributed by atoms with van der Waals surface area (Å²) in [6, 6.07) is 22.2. The molecule has 0 bridgehead atoms. The minimum atomic E-state index is -0.212. The van der Waals surface area contributed by atoms with Gasteiger partial charge in [-0.2, -0.15) is 5.10 Å². The molecular weight excluding hydrogens is 530 g/mol. The van der Waals surface area contributed by atoms with E-state index in [1.807, 2.05) is 47.0 Å². The van der Waals surface area contributed by atoms with E-state index < -0.39 is 0 Å². The number of hydrazone groups is 1. The van der Waals surface area contributed by atoms with Crippen LogP contribution in [0.4, 0.5) is 0 Å². The molecule has 6 nitrogen and oxygen atoms in total. The Kier molecular flexibility index (Phi) is 7.65. The van der Waals surface area contributed by atoms with Crippen LogP contribution in [0.25, 0.3) is 17.1 Å². The quantitative estimate of drug-likeness (QED) is 0.165. The number of aromatic nitrogens is 3. The summed E-state index contributed by atoms with van der Waals surface area (Å²) in [7, 11) is 0. The second-order valence-electron chi connectivity index (χ2n) is 8.53. The summed E-state index contributed by atoms with van der Waals surface area (Å²) in [4.78, 5) is 13.3. The maximum Gasteiger partial charge on any atom is 0.250 e. The number of thioether (sulfide) groups is 1. The fourth-order valence-electron chi connectivity index (χ4n) is 3.21. The highest BCUT2D eigenvalue weighted by molar-refractivity contribution is 9.11. The van der Waals surface area contributed by atoms with Gasteiger partial charge in [-0.15, -0.1) is 21.5 Å². The summed E-state index contributed by atoms with van der Waals surface area (Å²) in [6.07, 6.45) is 1.63. The normalized spacial score (nSPS) is 11.8. The van der Waals surface area contributed by atoms with Crippen molar-refractivity contribution in [1.29, 1.82) is 0 Å². The zero-order valence-corrected chi connectivity index (χ0v) is 22.2. The third-order valence-electron chi connectivity index (χ3n) is 4.96. The molecule has 9 heteroatoms. The maximum atomic E-state index is 12.4. The summed E-state index contributed by atoms with van der Waals surface area (Å²) in [6.45, 7) is 6.58. The number of hydrogen-bond donors (Lipinski definition) is 1. The average Bonchev–Trinajstić information content (AvgIpc) is 3.44. The Bertz CT molecular complexity index is 1290. The van der Waals surface area contributed by atoms with Crippen LogP contribution in [0.2, 0.25) is 0 Å². The van der Waals surface area contributed by atoms with Gasteiger partial charge in [-0.05, 0) is 51.2 Å². The van der Waals surface area contributed by atoms with Crippen molar-refractivity contribution in [3.8, 4) is 17.1 Å². The molecule has 1 N–H and O–H groups in total. The highest BCUT2D eigenvalue weighted by Crippen LogP contribution is 2.30. The number of carbonyl (C=O) groups is 1. The van der Waals surface area contributed by atoms with E-state index in [0.29, 0.717) is 5.16 Å². The van der Waals surface area contributed by atoms with E-state index in [4.69, 9.17) is 0 Å². The molecule has 4 rings (SSSR count). The van der Waals surface area contributed by atoms with Crippen molar-refractivity contribution in [1.82, 2.24) is 20.2 Å². The number of nitrogens with one attached hydrogen (secondary N) is 1. The second-order valence-corrected chi connectivity index (χ2v) is 12.0. The number of amides is 1. The minimum Gasteiger partial charge on any atom is -0.272 e. The predicted octanol–water partition coefficient (Wildman–Crippen LogP) is 6.30. The molecule has 2 aromatic carbocycles. The molecule has 0 unspecified atom stereocenters. The number of para-hydroxylation sites is 1. The Hall–Kier alpha value is -2.75. The van der Waals surface area contributed by atoms with Crippen LogP contribution in [0.1, 0.15) is 31.2 Å². The molecule has 2 heterocycles. The van der Waals surface area contributed by atoms with Gasteiger partial charge in [-0.3, -0.25) is 9.36 Å². The number of nitrogens with zero attached hydrogens (tertiary/aromatic N) is 4. The van der Waals surface area contributed by atoms with E-state index >= 15 is 0 Å². The number of hydrogen-bond acceptors (Lipinski definition) is 6. The van der Waals surface area contributed by atoms with Crippen LogP contribution in [0, 0.1) is 0 Å². The van der Waals surface area contributed by atoms with Gasteiger partial charge in [0.2, 0.25) is 0 Å². The molecule has 0 atom stereocenters. The molecule has 0 radical (unpaired) electrons. The first-order valence-electron chi connectivity index (χ1n) is 10.6.